The predicted molar refractivity (Wildman–Crippen MR) is 80.2 cm³/mol. The van der Waals surface area contributed by atoms with Crippen LogP contribution in [0.1, 0.15) is 40.0 Å². The van der Waals surface area contributed by atoms with Crippen LogP contribution in [0.5, 0.6) is 0 Å². The van der Waals surface area contributed by atoms with E-state index in [-0.39, 0.29) is 5.91 Å². The van der Waals surface area contributed by atoms with Crippen LogP contribution in [0, 0.1) is 5.92 Å². The van der Waals surface area contributed by atoms with Gasteiger partial charge in [0, 0.05) is 19.6 Å². The van der Waals surface area contributed by atoms with Gasteiger partial charge in [0.25, 0.3) is 0 Å². The minimum Gasteiger partial charge on any atom is -0.345 e. The van der Waals surface area contributed by atoms with Gasteiger partial charge in [0.05, 0.1) is 6.54 Å². The molecule has 0 aromatic heterocycles. The third-order valence-electron chi connectivity index (χ3n) is 4.31. The highest BCUT2D eigenvalue weighted by atomic mass is 16.2. The first kappa shape index (κ1) is 16.4. The largest absolute Gasteiger partial charge is 0.345 e. The maximum absolute atomic E-state index is 11.9. The molecule has 19 heavy (non-hydrogen) atoms. The second-order valence-electron chi connectivity index (χ2n) is 5.76. The first-order chi connectivity index (χ1) is 9.08. The second kappa shape index (κ2) is 8.54. The summed E-state index contributed by atoms with van der Waals surface area (Å²) < 4.78 is 0. The van der Waals surface area contributed by atoms with Gasteiger partial charge in [-0.1, -0.05) is 6.92 Å². The molecule has 0 saturated carbocycles. The van der Waals surface area contributed by atoms with Crippen LogP contribution in [0.3, 0.4) is 0 Å². The van der Waals surface area contributed by atoms with Gasteiger partial charge in [-0.15, -0.1) is 0 Å². The summed E-state index contributed by atoms with van der Waals surface area (Å²) >= 11 is 0. The van der Waals surface area contributed by atoms with Gasteiger partial charge in [0.15, 0.2) is 0 Å². The van der Waals surface area contributed by atoms with Crippen molar-refractivity contribution in [2.75, 3.05) is 39.8 Å². The molecule has 0 spiro atoms. The van der Waals surface area contributed by atoms with Gasteiger partial charge in [0.1, 0.15) is 0 Å². The summed E-state index contributed by atoms with van der Waals surface area (Å²) in [7, 11) is 1.88. The van der Waals surface area contributed by atoms with Crippen LogP contribution in [0.15, 0.2) is 0 Å². The molecule has 0 aromatic carbocycles. The van der Waals surface area contributed by atoms with Crippen LogP contribution in [-0.2, 0) is 4.79 Å². The van der Waals surface area contributed by atoms with E-state index < -0.39 is 0 Å². The Balaban J connectivity index is 2.27. The van der Waals surface area contributed by atoms with Gasteiger partial charge < -0.3 is 10.2 Å². The van der Waals surface area contributed by atoms with E-state index in [0.29, 0.717) is 12.6 Å². The number of likely N-dealkylation sites (tertiary alicyclic amines) is 1. The number of carbonyl (C=O) groups is 1. The van der Waals surface area contributed by atoms with E-state index in [2.05, 4.69) is 24.1 Å². The molecule has 0 bridgehead atoms. The highest BCUT2D eigenvalue weighted by molar-refractivity contribution is 5.77. The number of nitrogens with one attached hydrogen (secondary N) is 1. The number of hydrogen-bond donors (Lipinski definition) is 1. The van der Waals surface area contributed by atoms with Crippen LogP contribution < -0.4 is 5.32 Å². The highest BCUT2D eigenvalue weighted by Gasteiger charge is 2.24. The number of piperidine rings is 1. The molecule has 0 aliphatic carbocycles. The van der Waals surface area contributed by atoms with Crippen molar-refractivity contribution < 1.29 is 4.79 Å². The van der Waals surface area contributed by atoms with E-state index in [1.807, 2.05) is 14.0 Å². The Morgan fingerprint density at radius 2 is 2.00 bits per heavy atom. The number of carbonyl (C=O) groups excluding carboxylic acids is 1. The van der Waals surface area contributed by atoms with Crippen LogP contribution >= 0.6 is 0 Å². The van der Waals surface area contributed by atoms with E-state index in [4.69, 9.17) is 0 Å². The zero-order valence-corrected chi connectivity index (χ0v) is 13.1. The maximum Gasteiger partial charge on any atom is 0.236 e. The number of nitrogens with zero attached hydrogens (tertiary/aromatic N) is 2. The van der Waals surface area contributed by atoms with Crippen molar-refractivity contribution >= 4 is 5.91 Å². The lowest BCUT2D eigenvalue weighted by Crippen LogP contribution is -2.45. The molecule has 1 fully saturated rings. The first-order valence-corrected chi connectivity index (χ1v) is 7.78. The van der Waals surface area contributed by atoms with E-state index in [0.717, 1.165) is 32.1 Å². The molecule has 1 heterocycles. The minimum absolute atomic E-state index is 0.248. The lowest BCUT2D eigenvalue weighted by Gasteiger charge is -2.35. The van der Waals surface area contributed by atoms with E-state index in [1.54, 1.807) is 4.90 Å². The summed E-state index contributed by atoms with van der Waals surface area (Å²) in [5.74, 6) is 1.01. The topological polar surface area (TPSA) is 35.6 Å². The third kappa shape index (κ3) is 5.49. The van der Waals surface area contributed by atoms with Gasteiger partial charge in [-0.25, -0.2) is 0 Å². The van der Waals surface area contributed by atoms with Gasteiger partial charge >= 0.3 is 0 Å². The first-order valence-electron chi connectivity index (χ1n) is 7.78. The van der Waals surface area contributed by atoms with Gasteiger partial charge in [-0.3, -0.25) is 9.69 Å². The minimum atomic E-state index is 0.248. The summed E-state index contributed by atoms with van der Waals surface area (Å²) in [4.78, 5) is 16.0. The Kier molecular flexibility index (Phi) is 7.39. The van der Waals surface area contributed by atoms with Gasteiger partial charge in [-0.2, -0.15) is 0 Å². The number of likely N-dealkylation sites (N-methyl/N-ethyl adjacent to an activating group) is 1. The second-order valence-corrected chi connectivity index (χ2v) is 5.76. The lowest BCUT2D eigenvalue weighted by molar-refractivity contribution is -0.131. The molecule has 4 heteroatoms. The van der Waals surface area contributed by atoms with Crippen LogP contribution in [0.25, 0.3) is 0 Å². The average molecular weight is 269 g/mol. The molecule has 0 aromatic rings. The summed E-state index contributed by atoms with van der Waals surface area (Å²) in [5.41, 5.74) is 0. The van der Waals surface area contributed by atoms with Crippen molar-refractivity contribution in [3.05, 3.63) is 0 Å². The zero-order chi connectivity index (χ0) is 14.3. The summed E-state index contributed by atoms with van der Waals surface area (Å²) in [6.45, 7) is 11.1. The van der Waals surface area contributed by atoms with E-state index in [1.165, 1.54) is 19.3 Å². The Morgan fingerprint density at radius 1 is 1.37 bits per heavy atom. The fourth-order valence-electron chi connectivity index (χ4n) is 2.64. The summed E-state index contributed by atoms with van der Waals surface area (Å²) in [5, 5.41) is 3.59. The zero-order valence-electron chi connectivity index (χ0n) is 13.1. The molecule has 0 radical (unpaired) electrons. The molecule has 1 aliphatic heterocycles. The molecule has 4 nitrogen and oxygen atoms in total. The molecule has 1 unspecified atom stereocenters. The quantitative estimate of drug-likeness (QED) is 0.762. The molecule has 1 aliphatic rings. The van der Waals surface area contributed by atoms with Crippen LogP contribution in [-0.4, -0.2) is 61.5 Å². The van der Waals surface area contributed by atoms with Crippen molar-refractivity contribution in [3.8, 4) is 0 Å². The van der Waals surface area contributed by atoms with Gasteiger partial charge in [0.2, 0.25) is 5.91 Å². The smallest absolute Gasteiger partial charge is 0.236 e. The lowest BCUT2D eigenvalue weighted by atomic mass is 9.90. The molecule has 1 amide bonds. The molecule has 112 valence electrons. The van der Waals surface area contributed by atoms with Crippen molar-refractivity contribution in [3.63, 3.8) is 0 Å². The average Bonchev–Trinajstić information content (AvgIpc) is 2.44. The molecule has 1 rings (SSSR count). The van der Waals surface area contributed by atoms with E-state index in [9.17, 15) is 4.79 Å². The molecular weight excluding hydrogens is 238 g/mol. The maximum atomic E-state index is 11.9. The SMILES string of the molecule is CCCNC(C)C1CCN(CC(=O)N(C)CC)CC1. The van der Waals surface area contributed by atoms with Crippen molar-refractivity contribution in [2.45, 2.75) is 46.1 Å². The fourth-order valence-corrected chi connectivity index (χ4v) is 2.64. The van der Waals surface area contributed by atoms with E-state index >= 15 is 0 Å². The third-order valence-corrected chi connectivity index (χ3v) is 4.31. The van der Waals surface area contributed by atoms with Crippen molar-refractivity contribution in [1.82, 2.24) is 15.1 Å². The Labute approximate surface area is 118 Å². The Hall–Kier alpha value is -0.610. The molecule has 1 saturated heterocycles. The summed E-state index contributed by atoms with van der Waals surface area (Å²) in [6.07, 6.45) is 3.61. The molecule has 1 N–H and O–H groups in total. The number of rotatable bonds is 7. The monoisotopic (exact) mass is 269 g/mol. The number of amides is 1. The summed E-state index contributed by atoms with van der Waals surface area (Å²) in [6, 6.07) is 0.608. The number of hydrogen-bond acceptors (Lipinski definition) is 3. The fraction of sp³-hybridized carbons (Fsp3) is 0.933. The molecular formula is C15H31N3O. The van der Waals surface area contributed by atoms with Crippen molar-refractivity contribution in [1.29, 1.82) is 0 Å². The normalized spacial score (nSPS) is 19.4. The predicted octanol–water partition coefficient (Wildman–Crippen LogP) is 1.56. The standard InChI is InChI=1S/C15H31N3O/c1-5-9-16-13(3)14-7-10-18(11-8-14)12-15(19)17(4)6-2/h13-14,16H,5-12H2,1-4H3. The van der Waals surface area contributed by atoms with Crippen molar-refractivity contribution in [2.24, 2.45) is 5.92 Å². The Bertz CT molecular complexity index is 262. The van der Waals surface area contributed by atoms with Crippen LogP contribution in [0.4, 0.5) is 0 Å². The van der Waals surface area contributed by atoms with Crippen LogP contribution in [0.2, 0.25) is 0 Å². The Morgan fingerprint density at radius 3 is 2.53 bits per heavy atom. The highest BCUT2D eigenvalue weighted by Crippen LogP contribution is 2.20. The molecule has 1 atom stereocenters. The van der Waals surface area contributed by atoms with Gasteiger partial charge in [-0.05, 0) is 58.7 Å².